The predicted molar refractivity (Wildman–Crippen MR) is 70.9 cm³/mol. The summed E-state index contributed by atoms with van der Waals surface area (Å²) in [7, 11) is 1.66. The second kappa shape index (κ2) is 4.58. The number of rotatable bonds is 2. The van der Waals surface area contributed by atoms with Gasteiger partial charge in [0.2, 0.25) is 0 Å². The quantitative estimate of drug-likeness (QED) is 0.881. The van der Waals surface area contributed by atoms with Gasteiger partial charge in [-0.15, -0.1) is 0 Å². The fourth-order valence-electron chi connectivity index (χ4n) is 2.86. The third-order valence-electron chi connectivity index (χ3n) is 3.75. The van der Waals surface area contributed by atoms with E-state index in [9.17, 15) is 5.11 Å². The van der Waals surface area contributed by atoms with Crippen molar-refractivity contribution in [1.29, 1.82) is 0 Å². The Kier molecular flexibility index (Phi) is 2.92. The van der Waals surface area contributed by atoms with Gasteiger partial charge in [-0.25, -0.2) is 4.98 Å². The number of benzene rings is 1. The Bertz CT molecular complexity index is 593. The Morgan fingerprint density at radius 2 is 2.11 bits per heavy atom. The summed E-state index contributed by atoms with van der Waals surface area (Å²) in [4.78, 5) is 4.76. The lowest BCUT2D eigenvalue weighted by Gasteiger charge is -2.20. The van der Waals surface area contributed by atoms with Crippen LogP contribution in [0.25, 0.3) is 10.9 Å². The molecule has 1 aromatic carbocycles. The summed E-state index contributed by atoms with van der Waals surface area (Å²) in [6, 6.07) is 5.90. The number of methoxy groups -OCH3 is 1. The number of aliphatic hydroxyl groups excluding tert-OH is 1. The zero-order chi connectivity index (χ0) is 12.5. The molecule has 1 heterocycles. The number of hydrogen-bond acceptors (Lipinski definition) is 3. The number of pyridine rings is 1. The predicted octanol–water partition coefficient (Wildman–Crippen LogP) is 2.61. The summed E-state index contributed by atoms with van der Waals surface area (Å²) in [6.45, 7) is 0.0779. The third kappa shape index (κ3) is 1.66. The van der Waals surface area contributed by atoms with Gasteiger partial charge in [0.15, 0.2) is 0 Å². The molecular weight excluding hydrogens is 226 g/mol. The number of nitrogens with zero attached hydrogens (tertiary/aromatic N) is 1. The molecule has 0 aliphatic heterocycles. The largest absolute Gasteiger partial charge is 0.494 e. The normalized spacial score (nSPS) is 14.6. The van der Waals surface area contributed by atoms with Gasteiger partial charge in [0.25, 0.3) is 0 Å². The molecule has 0 fully saturated rings. The van der Waals surface area contributed by atoms with Crippen LogP contribution in [0.15, 0.2) is 18.2 Å². The third-order valence-corrected chi connectivity index (χ3v) is 3.75. The molecule has 3 heteroatoms. The molecule has 0 radical (unpaired) electrons. The number of para-hydroxylation sites is 1. The van der Waals surface area contributed by atoms with Crippen molar-refractivity contribution in [3.05, 3.63) is 35.0 Å². The molecule has 0 bridgehead atoms. The van der Waals surface area contributed by atoms with Gasteiger partial charge in [0, 0.05) is 11.1 Å². The minimum Gasteiger partial charge on any atom is -0.494 e. The Balaban J connectivity index is 2.36. The highest BCUT2D eigenvalue weighted by Gasteiger charge is 2.18. The molecule has 0 spiro atoms. The molecule has 1 aromatic heterocycles. The second-order valence-electron chi connectivity index (χ2n) is 4.74. The first-order chi connectivity index (χ1) is 8.85. The average Bonchev–Trinajstić information content (AvgIpc) is 2.44. The molecule has 3 nitrogen and oxygen atoms in total. The van der Waals surface area contributed by atoms with Crippen LogP contribution in [-0.4, -0.2) is 17.2 Å². The summed E-state index contributed by atoms with van der Waals surface area (Å²) >= 11 is 0. The standard InChI is InChI=1S/C15H17NO2/c1-18-14-8-4-6-11-12(9-17)10-5-2-3-7-13(10)16-15(11)14/h4,6,8,17H,2-3,5,7,9H2,1H3. The average molecular weight is 243 g/mol. The molecule has 3 rings (SSSR count). The van der Waals surface area contributed by atoms with Crippen LogP contribution in [0.1, 0.15) is 29.7 Å². The number of aliphatic hydroxyl groups is 1. The van der Waals surface area contributed by atoms with Crippen LogP contribution in [0, 0.1) is 0 Å². The molecule has 1 aliphatic rings. The van der Waals surface area contributed by atoms with Crippen LogP contribution in [-0.2, 0) is 19.4 Å². The summed E-state index contributed by atoms with van der Waals surface area (Å²) in [5.41, 5.74) is 4.31. The molecule has 0 amide bonds. The van der Waals surface area contributed by atoms with E-state index in [4.69, 9.17) is 9.72 Å². The van der Waals surface area contributed by atoms with Crippen molar-refractivity contribution in [2.24, 2.45) is 0 Å². The summed E-state index contributed by atoms with van der Waals surface area (Å²) in [6.07, 6.45) is 4.42. The van der Waals surface area contributed by atoms with Crippen molar-refractivity contribution in [2.75, 3.05) is 7.11 Å². The van der Waals surface area contributed by atoms with Gasteiger partial charge in [-0.1, -0.05) is 12.1 Å². The van der Waals surface area contributed by atoms with Gasteiger partial charge in [-0.05, 0) is 42.9 Å². The van der Waals surface area contributed by atoms with Gasteiger partial charge in [0.05, 0.1) is 13.7 Å². The van der Waals surface area contributed by atoms with E-state index >= 15 is 0 Å². The number of aromatic nitrogens is 1. The van der Waals surface area contributed by atoms with E-state index in [1.165, 1.54) is 18.4 Å². The van der Waals surface area contributed by atoms with Crippen molar-refractivity contribution in [3.63, 3.8) is 0 Å². The van der Waals surface area contributed by atoms with Crippen molar-refractivity contribution >= 4 is 10.9 Å². The smallest absolute Gasteiger partial charge is 0.145 e. The fourth-order valence-corrected chi connectivity index (χ4v) is 2.86. The Labute approximate surface area is 106 Å². The van der Waals surface area contributed by atoms with E-state index < -0.39 is 0 Å². The molecule has 0 unspecified atom stereocenters. The monoisotopic (exact) mass is 243 g/mol. The summed E-state index contributed by atoms with van der Waals surface area (Å²) in [5.74, 6) is 0.788. The van der Waals surface area contributed by atoms with E-state index in [-0.39, 0.29) is 6.61 Å². The molecule has 0 atom stereocenters. The first kappa shape index (κ1) is 11.5. The molecule has 2 aromatic rings. The van der Waals surface area contributed by atoms with Crippen molar-refractivity contribution in [2.45, 2.75) is 32.3 Å². The maximum atomic E-state index is 9.69. The number of aryl methyl sites for hydroxylation is 1. The van der Waals surface area contributed by atoms with Crippen molar-refractivity contribution < 1.29 is 9.84 Å². The van der Waals surface area contributed by atoms with E-state index in [0.29, 0.717) is 0 Å². The minimum atomic E-state index is 0.0779. The lowest BCUT2D eigenvalue weighted by Crippen LogP contribution is -2.10. The van der Waals surface area contributed by atoms with Crippen LogP contribution in [0.4, 0.5) is 0 Å². The van der Waals surface area contributed by atoms with Crippen LogP contribution >= 0.6 is 0 Å². The van der Waals surface area contributed by atoms with E-state index in [1.54, 1.807) is 7.11 Å². The van der Waals surface area contributed by atoms with Gasteiger partial charge >= 0.3 is 0 Å². The van der Waals surface area contributed by atoms with Crippen LogP contribution in [0.3, 0.4) is 0 Å². The highest BCUT2D eigenvalue weighted by atomic mass is 16.5. The SMILES string of the molecule is COc1cccc2c(CO)c3c(nc12)CCCC3. The second-order valence-corrected chi connectivity index (χ2v) is 4.74. The van der Waals surface area contributed by atoms with Gasteiger partial charge in [0.1, 0.15) is 11.3 Å². The maximum absolute atomic E-state index is 9.69. The number of hydrogen-bond donors (Lipinski definition) is 1. The van der Waals surface area contributed by atoms with Crippen LogP contribution in [0.2, 0.25) is 0 Å². The van der Waals surface area contributed by atoms with Gasteiger partial charge < -0.3 is 9.84 Å². The summed E-state index contributed by atoms with van der Waals surface area (Å²) in [5, 5.41) is 10.7. The zero-order valence-electron chi connectivity index (χ0n) is 10.6. The van der Waals surface area contributed by atoms with Gasteiger partial charge in [-0.2, -0.15) is 0 Å². The Morgan fingerprint density at radius 1 is 1.28 bits per heavy atom. The van der Waals surface area contributed by atoms with Gasteiger partial charge in [-0.3, -0.25) is 0 Å². The van der Waals surface area contributed by atoms with E-state index in [2.05, 4.69) is 0 Å². The molecule has 94 valence electrons. The lowest BCUT2D eigenvalue weighted by molar-refractivity contribution is 0.281. The van der Waals surface area contributed by atoms with E-state index in [0.717, 1.165) is 40.8 Å². The first-order valence-electron chi connectivity index (χ1n) is 6.43. The lowest BCUT2D eigenvalue weighted by atomic mass is 9.90. The highest BCUT2D eigenvalue weighted by molar-refractivity contribution is 5.88. The van der Waals surface area contributed by atoms with Crippen LogP contribution < -0.4 is 4.74 Å². The first-order valence-corrected chi connectivity index (χ1v) is 6.43. The molecule has 0 saturated carbocycles. The maximum Gasteiger partial charge on any atom is 0.145 e. The zero-order valence-corrected chi connectivity index (χ0v) is 10.6. The molecule has 0 saturated heterocycles. The molecule has 18 heavy (non-hydrogen) atoms. The van der Waals surface area contributed by atoms with Crippen molar-refractivity contribution in [3.8, 4) is 5.75 Å². The molecular formula is C15H17NO2. The van der Waals surface area contributed by atoms with Crippen molar-refractivity contribution in [1.82, 2.24) is 4.98 Å². The number of fused-ring (bicyclic) bond motifs is 2. The Hall–Kier alpha value is -1.61. The molecule has 1 N–H and O–H groups in total. The van der Waals surface area contributed by atoms with Crippen LogP contribution in [0.5, 0.6) is 5.75 Å². The fraction of sp³-hybridized carbons (Fsp3) is 0.400. The Morgan fingerprint density at radius 3 is 2.89 bits per heavy atom. The minimum absolute atomic E-state index is 0.0779. The van der Waals surface area contributed by atoms with E-state index in [1.807, 2.05) is 18.2 Å². The molecule has 1 aliphatic carbocycles. The summed E-state index contributed by atoms with van der Waals surface area (Å²) < 4.78 is 5.37. The number of ether oxygens (including phenoxy) is 1. The highest BCUT2D eigenvalue weighted by Crippen LogP contribution is 2.33. The topological polar surface area (TPSA) is 42.4 Å².